The van der Waals surface area contributed by atoms with E-state index in [1.807, 2.05) is 42.5 Å². The third-order valence-corrected chi connectivity index (χ3v) is 5.50. The van der Waals surface area contributed by atoms with Gasteiger partial charge < -0.3 is 9.88 Å². The number of hydrogen-bond donors (Lipinski definition) is 1. The first-order valence-electron chi connectivity index (χ1n) is 10.2. The van der Waals surface area contributed by atoms with E-state index in [2.05, 4.69) is 20.3 Å². The number of imidazole rings is 1. The number of halogens is 2. The van der Waals surface area contributed by atoms with Crippen molar-refractivity contribution in [1.82, 2.24) is 25.0 Å². The number of aromatic nitrogens is 5. The fourth-order valence-electron chi connectivity index (χ4n) is 3.64. The van der Waals surface area contributed by atoms with Crippen LogP contribution >= 0.6 is 11.6 Å². The van der Waals surface area contributed by atoms with Crippen LogP contribution in [0, 0.1) is 5.82 Å². The molecule has 1 amide bonds. The van der Waals surface area contributed by atoms with Gasteiger partial charge in [-0.1, -0.05) is 41.1 Å². The number of nitrogens with zero attached hydrogens (tertiary/aromatic N) is 5. The first-order valence-corrected chi connectivity index (χ1v) is 10.6. The van der Waals surface area contributed by atoms with Crippen LogP contribution in [0.4, 0.5) is 10.1 Å². The van der Waals surface area contributed by atoms with Crippen molar-refractivity contribution < 1.29 is 9.18 Å². The second-order valence-corrected chi connectivity index (χ2v) is 7.93. The molecule has 5 rings (SSSR count). The highest BCUT2D eigenvalue weighted by molar-refractivity contribution is 6.30. The zero-order valence-corrected chi connectivity index (χ0v) is 18.1. The lowest BCUT2D eigenvalue weighted by atomic mass is 10.1. The van der Waals surface area contributed by atoms with Crippen LogP contribution in [0.1, 0.15) is 5.56 Å². The molecule has 3 aromatic carbocycles. The minimum absolute atomic E-state index is 0.0956. The maximum Gasteiger partial charge on any atom is 0.249 e. The molecule has 0 bridgehead atoms. The third-order valence-electron chi connectivity index (χ3n) is 5.26. The number of fused-ring (bicyclic) bond motifs is 1. The summed E-state index contributed by atoms with van der Waals surface area (Å²) in [6.45, 7) is 0.212. The maximum atomic E-state index is 13.8. The summed E-state index contributed by atoms with van der Waals surface area (Å²) in [5, 5.41) is 8.66. The van der Waals surface area contributed by atoms with Crippen LogP contribution in [-0.4, -0.2) is 30.9 Å². The Balaban J connectivity index is 1.47. The molecule has 7 nitrogen and oxygen atoms in total. The number of anilines is 1. The van der Waals surface area contributed by atoms with Gasteiger partial charge in [-0.15, -0.1) is 5.10 Å². The molecule has 0 spiro atoms. The molecule has 9 heteroatoms. The molecule has 1 N–H and O–H groups in total. The predicted octanol–water partition coefficient (Wildman–Crippen LogP) is 4.85. The molecule has 0 radical (unpaired) electrons. The summed E-state index contributed by atoms with van der Waals surface area (Å²) in [4.78, 5) is 22.3. The first kappa shape index (κ1) is 20.8. The summed E-state index contributed by atoms with van der Waals surface area (Å²) in [6.07, 6.45) is 3.42. The van der Waals surface area contributed by atoms with Gasteiger partial charge in [0, 0.05) is 28.5 Å². The van der Waals surface area contributed by atoms with E-state index in [1.165, 1.54) is 22.9 Å². The Kier molecular flexibility index (Phi) is 5.58. The molecule has 0 saturated carbocycles. The summed E-state index contributed by atoms with van der Waals surface area (Å²) in [6, 6.07) is 19.1. The van der Waals surface area contributed by atoms with Gasteiger partial charge in [-0.25, -0.2) is 14.1 Å². The van der Waals surface area contributed by atoms with Crippen molar-refractivity contribution in [2.75, 3.05) is 4.90 Å². The molecular formula is C24H18ClFN6O. The van der Waals surface area contributed by atoms with Crippen LogP contribution in [0.2, 0.25) is 5.02 Å². The van der Waals surface area contributed by atoms with Gasteiger partial charge >= 0.3 is 0 Å². The van der Waals surface area contributed by atoms with Crippen LogP contribution in [-0.2, 0) is 17.9 Å². The zero-order chi connectivity index (χ0) is 22.8. The number of benzene rings is 3. The van der Waals surface area contributed by atoms with Crippen LogP contribution in [0.25, 0.3) is 22.3 Å². The van der Waals surface area contributed by atoms with Gasteiger partial charge in [-0.2, -0.15) is 0 Å². The number of carbonyl (C=O) groups is 1. The van der Waals surface area contributed by atoms with Crippen LogP contribution in [0.5, 0.6) is 0 Å². The van der Waals surface area contributed by atoms with E-state index < -0.39 is 5.82 Å². The molecule has 0 saturated heterocycles. The minimum atomic E-state index is -0.414. The highest BCUT2D eigenvalue weighted by atomic mass is 35.5. The van der Waals surface area contributed by atoms with Crippen LogP contribution in [0.15, 0.2) is 79.3 Å². The number of rotatable bonds is 6. The van der Waals surface area contributed by atoms with E-state index in [-0.39, 0.29) is 12.5 Å². The predicted molar refractivity (Wildman–Crippen MR) is 124 cm³/mol. The van der Waals surface area contributed by atoms with Gasteiger partial charge in [-0.05, 0) is 42.0 Å². The lowest BCUT2D eigenvalue weighted by Gasteiger charge is -2.23. The Morgan fingerprint density at radius 3 is 2.70 bits per heavy atom. The smallest absolute Gasteiger partial charge is 0.249 e. The lowest BCUT2D eigenvalue weighted by molar-refractivity contribution is -0.119. The van der Waals surface area contributed by atoms with Crippen LogP contribution < -0.4 is 4.90 Å². The molecule has 2 heterocycles. The Morgan fingerprint density at radius 1 is 1.09 bits per heavy atom. The fraction of sp³-hybridized carbons (Fsp3) is 0.0833. The molecule has 0 aliphatic heterocycles. The normalized spacial score (nSPS) is 11.1. The van der Waals surface area contributed by atoms with Gasteiger partial charge in [0.1, 0.15) is 17.9 Å². The van der Waals surface area contributed by atoms with Gasteiger partial charge in [-0.3, -0.25) is 4.79 Å². The summed E-state index contributed by atoms with van der Waals surface area (Å²) < 4.78 is 15.2. The van der Waals surface area contributed by atoms with Crippen molar-refractivity contribution >= 4 is 34.2 Å². The van der Waals surface area contributed by atoms with E-state index >= 15 is 0 Å². The Bertz CT molecular complexity index is 1410. The van der Waals surface area contributed by atoms with Gasteiger partial charge in [0.05, 0.1) is 24.1 Å². The van der Waals surface area contributed by atoms with E-state index in [0.717, 1.165) is 16.8 Å². The van der Waals surface area contributed by atoms with Crippen LogP contribution in [0.3, 0.4) is 0 Å². The molecule has 0 atom stereocenters. The standard InChI is InChI=1S/C24H18ClFN6O/c25-18-3-1-2-16(10-18)13-31(20-7-4-17(5-8-20)22-12-27-15-28-22)24(33)14-32-23-11-19(26)6-9-21(23)29-30-32/h1-12,15H,13-14H2,(H,27,28). The average molecular weight is 461 g/mol. The molecule has 164 valence electrons. The Hall–Kier alpha value is -4.04. The summed E-state index contributed by atoms with van der Waals surface area (Å²) in [7, 11) is 0. The minimum Gasteiger partial charge on any atom is -0.351 e. The topological polar surface area (TPSA) is 79.7 Å². The molecule has 0 aliphatic rings. The lowest BCUT2D eigenvalue weighted by Crippen LogP contribution is -2.33. The van der Waals surface area contributed by atoms with Gasteiger partial charge in [0.25, 0.3) is 0 Å². The number of aromatic amines is 1. The largest absolute Gasteiger partial charge is 0.351 e. The zero-order valence-electron chi connectivity index (χ0n) is 17.3. The molecule has 33 heavy (non-hydrogen) atoms. The monoisotopic (exact) mass is 460 g/mol. The third kappa shape index (κ3) is 4.47. The van der Waals surface area contributed by atoms with Crippen molar-refractivity contribution in [2.24, 2.45) is 0 Å². The van der Waals surface area contributed by atoms with E-state index in [1.54, 1.807) is 23.5 Å². The molecule has 0 fully saturated rings. The van der Waals surface area contributed by atoms with Crippen molar-refractivity contribution in [2.45, 2.75) is 13.1 Å². The number of H-pyrrole nitrogens is 1. The molecule has 0 unspecified atom stereocenters. The second-order valence-electron chi connectivity index (χ2n) is 7.49. The molecule has 2 aromatic heterocycles. The number of carbonyl (C=O) groups excluding carboxylic acids is 1. The maximum absolute atomic E-state index is 13.8. The highest BCUT2D eigenvalue weighted by Gasteiger charge is 2.19. The van der Waals surface area contributed by atoms with Crippen molar-refractivity contribution in [3.63, 3.8) is 0 Å². The first-order chi connectivity index (χ1) is 16.1. The molecule has 5 aromatic rings. The van der Waals surface area contributed by atoms with Crippen molar-refractivity contribution in [3.8, 4) is 11.3 Å². The number of amides is 1. The van der Waals surface area contributed by atoms with Gasteiger partial charge in [0.2, 0.25) is 5.91 Å². The number of nitrogens with one attached hydrogen (secondary N) is 1. The SMILES string of the molecule is O=C(Cn1nnc2ccc(F)cc21)N(Cc1cccc(Cl)c1)c1ccc(-c2c[nH]cn2)cc1. The van der Waals surface area contributed by atoms with E-state index in [9.17, 15) is 9.18 Å². The average Bonchev–Trinajstić information content (AvgIpc) is 3.48. The number of hydrogen-bond acceptors (Lipinski definition) is 4. The van der Waals surface area contributed by atoms with E-state index in [4.69, 9.17) is 11.6 Å². The van der Waals surface area contributed by atoms with E-state index in [0.29, 0.717) is 28.3 Å². The fourth-order valence-corrected chi connectivity index (χ4v) is 3.85. The van der Waals surface area contributed by atoms with Crippen molar-refractivity contribution in [1.29, 1.82) is 0 Å². The molecule has 0 aliphatic carbocycles. The molecular weight excluding hydrogens is 443 g/mol. The highest BCUT2D eigenvalue weighted by Crippen LogP contribution is 2.24. The Labute approximate surface area is 193 Å². The quantitative estimate of drug-likeness (QED) is 0.393. The van der Waals surface area contributed by atoms with Crippen molar-refractivity contribution in [3.05, 3.63) is 95.7 Å². The summed E-state index contributed by atoms with van der Waals surface area (Å²) >= 11 is 6.16. The van der Waals surface area contributed by atoms with Gasteiger partial charge in [0.15, 0.2) is 0 Å². The Morgan fingerprint density at radius 2 is 1.94 bits per heavy atom. The second kappa shape index (κ2) is 8.84. The summed E-state index contributed by atoms with van der Waals surface area (Å²) in [5.74, 6) is -0.637. The summed E-state index contributed by atoms with van der Waals surface area (Å²) in [5.41, 5.74) is 4.30.